The maximum absolute atomic E-state index is 11.6. The summed E-state index contributed by atoms with van der Waals surface area (Å²) >= 11 is 0. The van der Waals surface area contributed by atoms with Crippen LogP contribution in [0, 0.1) is 12.8 Å². The van der Waals surface area contributed by atoms with Crippen LogP contribution in [0.5, 0.6) is 5.75 Å². The van der Waals surface area contributed by atoms with Crippen LogP contribution in [0.3, 0.4) is 0 Å². The summed E-state index contributed by atoms with van der Waals surface area (Å²) in [5.74, 6) is -0.224. The molecule has 0 aliphatic rings. The molecule has 1 rings (SSSR count). The van der Waals surface area contributed by atoms with E-state index < -0.39 is 5.97 Å². The molecule has 0 N–H and O–H groups in total. The number of hydrogen-bond donors (Lipinski definition) is 0. The molecule has 0 aliphatic carbocycles. The lowest BCUT2D eigenvalue weighted by Gasteiger charge is -2.09. The van der Waals surface area contributed by atoms with Gasteiger partial charge in [0.2, 0.25) is 0 Å². The molecule has 0 aromatic heterocycles. The van der Waals surface area contributed by atoms with Gasteiger partial charge in [0.05, 0.1) is 13.0 Å². The molecule has 0 radical (unpaired) electrons. The molecule has 0 heterocycles. The number of carbonyl (C=O) groups excluding carboxylic acids is 2. The molecule has 0 saturated carbocycles. The maximum atomic E-state index is 11.6. The second-order valence-corrected chi connectivity index (χ2v) is 5.22. The van der Waals surface area contributed by atoms with E-state index in [-0.39, 0.29) is 25.1 Å². The van der Waals surface area contributed by atoms with E-state index in [1.807, 2.05) is 32.0 Å². The van der Waals surface area contributed by atoms with Crippen molar-refractivity contribution >= 4 is 18.0 Å². The van der Waals surface area contributed by atoms with Crippen LogP contribution < -0.4 is 4.74 Å². The monoisotopic (exact) mass is 320 g/mol. The molecule has 23 heavy (non-hydrogen) atoms. The fraction of sp³-hybridized carbons (Fsp3) is 0.444. The van der Waals surface area contributed by atoms with E-state index in [4.69, 9.17) is 14.2 Å². The highest BCUT2D eigenvalue weighted by atomic mass is 16.6. The van der Waals surface area contributed by atoms with Gasteiger partial charge in [-0.1, -0.05) is 25.5 Å². The Labute approximate surface area is 137 Å². The first-order chi connectivity index (χ1) is 11.0. The van der Waals surface area contributed by atoms with Crippen molar-refractivity contribution in [3.63, 3.8) is 0 Å². The average molecular weight is 320 g/mol. The van der Waals surface area contributed by atoms with E-state index in [1.165, 1.54) is 6.08 Å². The Morgan fingerprint density at radius 3 is 2.57 bits per heavy atom. The molecule has 5 nitrogen and oxygen atoms in total. The van der Waals surface area contributed by atoms with Crippen molar-refractivity contribution in [3.05, 3.63) is 35.4 Å². The Kier molecular flexibility index (Phi) is 7.88. The van der Waals surface area contributed by atoms with Crippen LogP contribution in [0.15, 0.2) is 24.3 Å². The van der Waals surface area contributed by atoms with Gasteiger partial charge in [0, 0.05) is 11.6 Å². The normalized spacial score (nSPS) is 12.0. The summed E-state index contributed by atoms with van der Waals surface area (Å²) in [4.78, 5) is 23.1. The van der Waals surface area contributed by atoms with Gasteiger partial charge in [-0.15, -0.1) is 0 Å². The van der Waals surface area contributed by atoms with Gasteiger partial charge in [-0.2, -0.15) is 0 Å². The third kappa shape index (κ3) is 6.55. The molecule has 0 aliphatic heterocycles. The molecular formula is C18H24O5. The van der Waals surface area contributed by atoms with E-state index in [1.54, 1.807) is 20.1 Å². The molecule has 0 spiro atoms. The zero-order valence-corrected chi connectivity index (χ0v) is 14.1. The largest absolute Gasteiger partial charge is 0.496 e. The minimum atomic E-state index is -0.492. The molecule has 1 aromatic carbocycles. The Hall–Kier alpha value is -2.30. The summed E-state index contributed by atoms with van der Waals surface area (Å²) < 4.78 is 15.2. The zero-order valence-electron chi connectivity index (χ0n) is 14.1. The van der Waals surface area contributed by atoms with Crippen molar-refractivity contribution in [2.24, 2.45) is 5.92 Å². The quantitative estimate of drug-likeness (QED) is 0.418. The van der Waals surface area contributed by atoms with Crippen LogP contribution in [-0.2, 0) is 19.1 Å². The first-order valence-corrected chi connectivity index (χ1v) is 7.64. The fourth-order valence-corrected chi connectivity index (χ4v) is 1.78. The van der Waals surface area contributed by atoms with Gasteiger partial charge >= 0.3 is 11.9 Å². The number of benzene rings is 1. The Morgan fingerprint density at radius 2 is 1.91 bits per heavy atom. The van der Waals surface area contributed by atoms with Gasteiger partial charge in [-0.3, -0.25) is 4.79 Å². The molecule has 0 amide bonds. The maximum Gasteiger partial charge on any atom is 0.330 e. The van der Waals surface area contributed by atoms with Gasteiger partial charge in [0.25, 0.3) is 0 Å². The number of hydrogen-bond acceptors (Lipinski definition) is 5. The number of methoxy groups -OCH3 is 1. The average Bonchev–Trinajstić information content (AvgIpc) is 2.55. The van der Waals surface area contributed by atoms with Crippen molar-refractivity contribution < 1.29 is 23.8 Å². The predicted octanol–water partition coefficient (Wildman–Crippen LogP) is 3.15. The minimum Gasteiger partial charge on any atom is -0.496 e. The van der Waals surface area contributed by atoms with E-state index in [9.17, 15) is 9.59 Å². The Balaban J connectivity index is 2.42. The summed E-state index contributed by atoms with van der Waals surface area (Å²) in [5.41, 5.74) is 1.86. The topological polar surface area (TPSA) is 61.8 Å². The standard InChI is InChI=1S/C18H24O5/c1-5-14(3)18(20)23-11-10-22-17(19)9-7-15-12-13(2)6-8-16(15)21-4/h6-9,12,14H,5,10-11H2,1-4H3/b9-7+. The van der Waals surface area contributed by atoms with Gasteiger partial charge < -0.3 is 14.2 Å². The first-order valence-electron chi connectivity index (χ1n) is 7.64. The molecule has 126 valence electrons. The van der Waals surface area contributed by atoms with Crippen LogP contribution >= 0.6 is 0 Å². The van der Waals surface area contributed by atoms with Gasteiger partial charge in [-0.05, 0) is 31.6 Å². The number of esters is 2. The van der Waals surface area contributed by atoms with Crippen molar-refractivity contribution in [1.29, 1.82) is 0 Å². The SMILES string of the molecule is CCC(C)C(=O)OCCOC(=O)/C=C/c1cc(C)ccc1OC. The lowest BCUT2D eigenvalue weighted by atomic mass is 10.1. The van der Waals surface area contributed by atoms with Crippen LogP contribution in [0.25, 0.3) is 6.08 Å². The fourth-order valence-electron chi connectivity index (χ4n) is 1.78. The van der Waals surface area contributed by atoms with Gasteiger partial charge in [0.15, 0.2) is 0 Å². The summed E-state index contributed by atoms with van der Waals surface area (Å²) in [7, 11) is 1.58. The van der Waals surface area contributed by atoms with E-state index in [0.29, 0.717) is 5.75 Å². The van der Waals surface area contributed by atoms with Crippen molar-refractivity contribution in [3.8, 4) is 5.75 Å². The summed E-state index contributed by atoms with van der Waals surface area (Å²) in [5, 5.41) is 0. The molecule has 1 aromatic rings. The molecule has 0 saturated heterocycles. The molecule has 0 fully saturated rings. The van der Waals surface area contributed by atoms with Crippen LogP contribution in [0.2, 0.25) is 0 Å². The minimum absolute atomic E-state index is 0.0380. The predicted molar refractivity (Wildman–Crippen MR) is 88.1 cm³/mol. The molecule has 0 bridgehead atoms. The summed E-state index contributed by atoms with van der Waals surface area (Å²) in [6, 6.07) is 5.69. The van der Waals surface area contributed by atoms with Crippen molar-refractivity contribution in [1.82, 2.24) is 0 Å². The smallest absolute Gasteiger partial charge is 0.330 e. The van der Waals surface area contributed by atoms with Gasteiger partial charge in [0.1, 0.15) is 19.0 Å². The summed E-state index contributed by atoms with van der Waals surface area (Å²) in [6.45, 7) is 5.77. The number of ether oxygens (including phenoxy) is 3. The molecule has 5 heteroatoms. The second kappa shape index (κ2) is 9.66. The highest BCUT2D eigenvalue weighted by Gasteiger charge is 2.11. The highest BCUT2D eigenvalue weighted by Crippen LogP contribution is 2.20. The van der Waals surface area contributed by atoms with E-state index in [0.717, 1.165) is 17.5 Å². The lowest BCUT2D eigenvalue weighted by Crippen LogP contribution is -2.17. The Morgan fingerprint density at radius 1 is 1.22 bits per heavy atom. The third-order valence-electron chi connectivity index (χ3n) is 3.37. The number of rotatable bonds is 8. The van der Waals surface area contributed by atoms with Crippen molar-refractivity contribution in [2.75, 3.05) is 20.3 Å². The zero-order chi connectivity index (χ0) is 17.2. The first kappa shape index (κ1) is 18.7. The van der Waals surface area contributed by atoms with E-state index >= 15 is 0 Å². The molecular weight excluding hydrogens is 296 g/mol. The molecule has 1 atom stereocenters. The number of carbonyl (C=O) groups is 2. The van der Waals surface area contributed by atoms with Gasteiger partial charge in [-0.25, -0.2) is 4.79 Å². The second-order valence-electron chi connectivity index (χ2n) is 5.22. The van der Waals surface area contributed by atoms with Crippen LogP contribution in [0.4, 0.5) is 0 Å². The third-order valence-corrected chi connectivity index (χ3v) is 3.37. The van der Waals surface area contributed by atoms with E-state index in [2.05, 4.69) is 0 Å². The van der Waals surface area contributed by atoms with Crippen LogP contribution in [0.1, 0.15) is 31.4 Å². The summed E-state index contributed by atoms with van der Waals surface area (Å²) in [6.07, 6.45) is 3.69. The molecule has 1 unspecified atom stereocenters. The van der Waals surface area contributed by atoms with Crippen molar-refractivity contribution in [2.45, 2.75) is 27.2 Å². The van der Waals surface area contributed by atoms with Crippen LogP contribution in [-0.4, -0.2) is 32.3 Å². The Bertz CT molecular complexity index is 563. The lowest BCUT2D eigenvalue weighted by molar-refractivity contribution is -0.152. The highest BCUT2D eigenvalue weighted by molar-refractivity contribution is 5.87. The number of aryl methyl sites for hydroxylation is 1.